The number of benzene rings is 1. The second-order valence-electron chi connectivity index (χ2n) is 7.88. The Kier molecular flexibility index (Phi) is 7.85. The summed E-state index contributed by atoms with van der Waals surface area (Å²) in [6.45, 7) is 4.39. The number of ether oxygens (including phenoxy) is 1. The number of hydrogen-bond acceptors (Lipinski definition) is 3. The molecule has 3 rings (SSSR count). The molecular weight excluding hydrogens is 326 g/mol. The minimum absolute atomic E-state index is 0. The van der Waals surface area contributed by atoms with E-state index in [9.17, 15) is 9.90 Å². The molecule has 3 unspecified atom stereocenters. The molecule has 1 N–H and O–H groups in total. The van der Waals surface area contributed by atoms with E-state index in [1.54, 1.807) is 0 Å². The van der Waals surface area contributed by atoms with Crippen LogP contribution in [0.2, 0.25) is 0 Å². The lowest BCUT2D eigenvalue weighted by molar-refractivity contribution is -0.968. The Morgan fingerprint density at radius 2 is 1.73 bits per heavy atom. The van der Waals surface area contributed by atoms with Crippen molar-refractivity contribution in [2.24, 2.45) is 0 Å². The zero-order valence-electron chi connectivity index (χ0n) is 16.0. The van der Waals surface area contributed by atoms with Gasteiger partial charge in [0.15, 0.2) is 0 Å². The van der Waals surface area contributed by atoms with E-state index in [0.29, 0.717) is 18.1 Å². The van der Waals surface area contributed by atoms with E-state index in [2.05, 4.69) is 20.9 Å². The van der Waals surface area contributed by atoms with Gasteiger partial charge in [0.25, 0.3) is 0 Å². The van der Waals surface area contributed by atoms with Crippen molar-refractivity contribution in [3.8, 4) is 0 Å². The predicted octanol–water partition coefficient (Wildman–Crippen LogP) is 3.94. The van der Waals surface area contributed by atoms with Crippen LogP contribution in [0.25, 0.3) is 0 Å². The average Bonchev–Trinajstić information content (AvgIpc) is 2.74. The SMILES string of the molecule is C.CC(C)[N+]1(C)C2CCC1CC(OC(=O)C(CO)c1ccccc1)C2.[CH3-]. The molecule has 4 nitrogen and oxygen atoms in total. The molecule has 2 bridgehead atoms. The molecule has 0 amide bonds. The zero-order valence-corrected chi connectivity index (χ0v) is 16.0. The molecule has 148 valence electrons. The lowest BCUT2D eigenvalue weighted by atomic mass is 9.94. The first-order chi connectivity index (χ1) is 11.5. The summed E-state index contributed by atoms with van der Waals surface area (Å²) in [6.07, 6.45) is 4.36. The summed E-state index contributed by atoms with van der Waals surface area (Å²) < 4.78 is 6.96. The zero-order chi connectivity index (χ0) is 17.3. The van der Waals surface area contributed by atoms with E-state index in [4.69, 9.17) is 4.74 Å². The van der Waals surface area contributed by atoms with Crippen LogP contribution >= 0.6 is 0 Å². The van der Waals surface area contributed by atoms with E-state index in [1.165, 1.54) is 12.8 Å². The van der Waals surface area contributed by atoms with Gasteiger partial charge in [-0.25, -0.2) is 0 Å². The summed E-state index contributed by atoms with van der Waals surface area (Å²) in [5.74, 6) is -0.856. The van der Waals surface area contributed by atoms with Gasteiger partial charge in [-0.1, -0.05) is 37.8 Å². The van der Waals surface area contributed by atoms with Crippen molar-refractivity contribution in [1.29, 1.82) is 0 Å². The van der Waals surface area contributed by atoms with E-state index in [1.807, 2.05) is 30.3 Å². The maximum Gasteiger partial charge on any atom is 0.316 e. The quantitative estimate of drug-likeness (QED) is 0.490. The van der Waals surface area contributed by atoms with Crippen molar-refractivity contribution in [3.05, 3.63) is 43.3 Å². The minimum atomic E-state index is -0.572. The molecule has 2 aliphatic rings. The topological polar surface area (TPSA) is 46.5 Å². The Morgan fingerprint density at radius 3 is 2.19 bits per heavy atom. The standard InChI is InChI=1S/C20H30NO3.CH4.CH3/c1-14(2)21(3)16-9-10-17(21)12-18(11-16)24-20(23)19(13-22)15-7-5-4-6-8-15;;/h4-8,14,16-19,22H,9-13H2,1-3H3;1H4;1H3/q+1;;-1. The highest BCUT2D eigenvalue weighted by atomic mass is 16.5. The molecule has 1 aromatic carbocycles. The molecule has 2 saturated heterocycles. The number of carbonyl (C=O) groups is 1. The Morgan fingerprint density at radius 1 is 1.19 bits per heavy atom. The van der Waals surface area contributed by atoms with Gasteiger partial charge in [0.1, 0.15) is 12.0 Å². The highest BCUT2D eigenvalue weighted by Crippen LogP contribution is 2.44. The predicted molar refractivity (Wildman–Crippen MR) is 107 cm³/mol. The van der Waals surface area contributed by atoms with Crippen LogP contribution in [0.3, 0.4) is 0 Å². The first-order valence-corrected chi connectivity index (χ1v) is 9.18. The Labute approximate surface area is 159 Å². The van der Waals surface area contributed by atoms with Crippen molar-refractivity contribution in [3.63, 3.8) is 0 Å². The van der Waals surface area contributed by atoms with Gasteiger partial charge in [-0.15, -0.1) is 0 Å². The number of carbonyl (C=O) groups excluding carboxylic acids is 1. The maximum atomic E-state index is 12.6. The lowest BCUT2D eigenvalue weighted by Crippen LogP contribution is -2.62. The number of nitrogens with zero attached hydrogens (tertiary/aromatic N) is 1. The van der Waals surface area contributed by atoms with E-state index in [-0.39, 0.29) is 33.5 Å². The third-order valence-corrected chi connectivity index (χ3v) is 6.54. The number of aliphatic hydroxyl groups excluding tert-OH is 1. The molecule has 1 aromatic rings. The van der Waals surface area contributed by atoms with E-state index < -0.39 is 5.92 Å². The lowest BCUT2D eigenvalue weighted by Gasteiger charge is -2.49. The van der Waals surface area contributed by atoms with Crippen molar-refractivity contribution < 1.29 is 19.1 Å². The van der Waals surface area contributed by atoms with Crippen LogP contribution in [0.1, 0.15) is 58.4 Å². The summed E-state index contributed by atoms with van der Waals surface area (Å²) in [5.41, 5.74) is 0.826. The second-order valence-corrected chi connectivity index (χ2v) is 7.88. The van der Waals surface area contributed by atoms with Crippen LogP contribution in [0.4, 0.5) is 0 Å². The summed E-state index contributed by atoms with van der Waals surface area (Å²) in [6, 6.07) is 11.2. The van der Waals surface area contributed by atoms with Gasteiger partial charge in [0, 0.05) is 25.7 Å². The van der Waals surface area contributed by atoms with Crippen LogP contribution in [0.5, 0.6) is 0 Å². The highest BCUT2D eigenvalue weighted by Gasteiger charge is 2.53. The smallest absolute Gasteiger partial charge is 0.316 e. The number of esters is 1. The molecule has 2 heterocycles. The normalized spacial score (nSPS) is 30.9. The van der Waals surface area contributed by atoms with Gasteiger partial charge in [-0.05, 0) is 19.4 Å². The summed E-state index contributed by atoms with van der Waals surface area (Å²) >= 11 is 0. The second kappa shape index (κ2) is 9.01. The summed E-state index contributed by atoms with van der Waals surface area (Å²) in [4.78, 5) is 12.6. The molecule has 0 radical (unpaired) electrons. The van der Waals surface area contributed by atoms with Crippen LogP contribution in [-0.4, -0.2) is 53.4 Å². The first kappa shape index (κ1) is 22.7. The van der Waals surface area contributed by atoms with Gasteiger partial charge in [0.2, 0.25) is 0 Å². The fraction of sp³-hybridized carbons (Fsp3) is 0.636. The van der Waals surface area contributed by atoms with Crippen LogP contribution in [-0.2, 0) is 9.53 Å². The molecule has 3 atom stereocenters. The number of rotatable bonds is 5. The molecule has 26 heavy (non-hydrogen) atoms. The van der Waals surface area contributed by atoms with Gasteiger partial charge in [0.05, 0.1) is 31.8 Å². The number of hydrogen-bond donors (Lipinski definition) is 1. The van der Waals surface area contributed by atoms with Gasteiger partial charge < -0.3 is 21.8 Å². The minimum Gasteiger partial charge on any atom is -0.461 e. The molecule has 2 aliphatic heterocycles. The molecule has 0 spiro atoms. The summed E-state index contributed by atoms with van der Waals surface area (Å²) in [5, 5.41) is 9.65. The molecular formula is C22H37NO3. The average molecular weight is 364 g/mol. The fourth-order valence-corrected chi connectivity index (χ4v) is 4.82. The fourth-order valence-electron chi connectivity index (χ4n) is 4.82. The van der Waals surface area contributed by atoms with Gasteiger partial charge >= 0.3 is 5.97 Å². The van der Waals surface area contributed by atoms with E-state index in [0.717, 1.165) is 22.9 Å². The largest absolute Gasteiger partial charge is 0.461 e. The summed E-state index contributed by atoms with van der Waals surface area (Å²) in [7, 11) is 2.37. The first-order valence-electron chi connectivity index (χ1n) is 9.18. The highest BCUT2D eigenvalue weighted by molar-refractivity contribution is 5.78. The third kappa shape index (κ3) is 3.96. The number of quaternary nitrogens is 1. The molecule has 0 aliphatic carbocycles. The van der Waals surface area contributed by atoms with Crippen molar-refractivity contribution >= 4 is 5.97 Å². The third-order valence-electron chi connectivity index (χ3n) is 6.54. The number of piperidine rings is 1. The maximum absolute atomic E-state index is 12.6. The van der Waals surface area contributed by atoms with E-state index >= 15 is 0 Å². The molecule has 2 fully saturated rings. The Hall–Kier alpha value is -1.39. The van der Waals surface area contributed by atoms with Crippen LogP contribution in [0.15, 0.2) is 30.3 Å². The Bertz CT molecular complexity index is 558. The molecule has 0 aromatic heterocycles. The van der Waals surface area contributed by atoms with Crippen LogP contribution < -0.4 is 0 Å². The Balaban J connectivity index is 0.00000169. The van der Waals surface area contributed by atoms with Crippen molar-refractivity contribution in [2.75, 3.05) is 13.7 Å². The number of aliphatic hydroxyl groups is 1. The van der Waals surface area contributed by atoms with Gasteiger partial charge in [-0.2, -0.15) is 0 Å². The monoisotopic (exact) mass is 363 g/mol. The molecule has 0 saturated carbocycles. The molecule has 4 heteroatoms. The number of fused-ring (bicyclic) bond motifs is 2. The van der Waals surface area contributed by atoms with Crippen LogP contribution in [0, 0.1) is 7.43 Å². The van der Waals surface area contributed by atoms with Crippen molar-refractivity contribution in [2.45, 2.75) is 77.1 Å². The van der Waals surface area contributed by atoms with Crippen molar-refractivity contribution in [1.82, 2.24) is 0 Å². The van der Waals surface area contributed by atoms with Gasteiger partial charge in [-0.3, -0.25) is 4.79 Å².